The van der Waals surface area contributed by atoms with Gasteiger partial charge in [0.2, 0.25) is 0 Å². The van der Waals surface area contributed by atoms with Crippen LogP contribution in [-0.4, -0.2) is 83.7 Å². The molecule has 0 saturated carbocycles. The van der Waals surface area contributed by atoms with Gasteiger partial charge in [-0.3, -0.25) is 4.79 Å². The van der Waals surface area contributed by atoms with E-state index in [4.69, 9.17) is 18.3 Å². The molecular formula is C19H37NO7Si. The Kier molecular flexibility index (Phi) is 14.9. The van der Waals surface area contributed by atoms with E-state index in [9.17, 15) is 14.7 Å². The van der Waals surface area contributed by atoms with Gasteiger partial charge in [0.1, 0.15) is 0 Å². The van der Waals surface area contributed by atoms with Gasteiger partial charge in [-0.1, -0.05) is 6.58 Å². The number of aliphatic hydroxyl groups excluding tert-OH is 1. The summed E-state index contributed by atoms with van der Waals surface area (Å²) >= 11 is 0. The Bertz CT molecular complexity index is 456. The minimum atomic E-state index is -2.09. The van der Waals surface area contributed by atoms with Crippen molar-refractivity contribution in [3.63, 3.8) is 0 Å². The fourth-order valence-electron chi connectivity index (χ4n) is 2.56. The molecule has 28 heavy (non-hydrogen) atoms. The molecule has 1 atom stereocenters. The number of hydrogen-bond donors (Lipinski definition) is 1. The first-order valence-electron chi connectivity index (χ1n) is 9.82. The standard InChI is InChI=1S/C19H37NO7Si/c1-6-18(22)24-15-17(14-21)16-25-19(23)10-12-20(4)11-9-13-28(5,26-7-2)27-8-3/h6,17,21H,1,7-16H2,2-5H3. The van der Waals surface area contributed by atoms with E-state index >= 15 is 0 Å². The van der Waals surface area contributed by atoms with Gasteiger partial charge in [0.25, 0.3) is 0 Å². The third-order valence-corrected chi connectivity index (χ3v) is 7.19. The highest BCUT2D eigenvalue weighted by Gasteiger charge is 2.30. The Morgan fingerprint density at radius 3 is 2.29 bits per heavy atom. The molecule has 0 bridgehead atoms. The van der Waals surface area contributed by atoms with Crippen LogP contribution in [0.25, 0.3) is 0 Å². The molecule has 0 aromatic heterocycles. The zero-order valence-corrected chi connectivity index (χ0v) is 18.8. The minimum absolute atomic E-state index is 0.0101. The predicted octanol–water partition coefficient (Wildman–Crippen LogP) is 1.72. The van der Waals surface area contributed by atoms with Gasteiger partial charge < -0.3 is 28.3 Å². The number of rotatable bonds is 17. The second-order valence-electron chi connectivity index (χ2n) is 6.72. The first-order valence-corrected chi connectivity index (χ1v) is 12.3. The Labute approximate surface area is 170 Å². The van der Waals surface area contributed by atoms with Gasteiger partial charge in [0.05, 0.1) is 32.2 Å². The van der Waals surface area contributed by atoms with Crippen LogP contribution in [0.1, 0.15) is 26.7 Å². The van der Waals surface area contributed by atoms with Crippen molar-refractivity contribution < 1.29 is 33.0 Å². The summed E-state index contributed by atoms with van der Waals surface area (Å²) in [4.78, 5) is 25.0. The van der Waals surface area contributed by atoms with Gasteiger partial charge in [-0.25, -0.2) is 4.79 Å². The Balaban J connectivity index is 4.04. The Morgan fingerprint density at radius 2 is 1.75 bits per heavy atom. The van der Waals surface area contributed by atoms with Crippen LogP contribution in [0.15, 0.2) is 12.7 Å². The zero-order valence-electron chi connectivity index (χ0n) is 17.8. The summed E-state index contributed by atoms with van der Waals surface area (Å²) < 4.78 is 21.7. The van der Waals surface area contributed by atoms with Crippen LogP contribution in [0.5, 0.6) is 0 Å². The van der Waals surface area contributed by atoms with E-state index in [-0.39, 0.29) is 32.2 Å². The molecule has 164 valence electrons. The quantitative estimate of drug-likeness (QED) is 0.216. The molecule has 1 unspecified atom stereocenters. The smallest absolute Gasteiger partial charge is 0.334 e. The molecule has 0 aliphatic heterocycles. The van der Waals surface area contributed by atoms with E-state index in [1.54, 1.807) is 0 Å². The lowest BCUT2D eigenvalue weighted by Crippen LogP contribution is -2.39. The van der Waals surface area contributed by atoms with Gasteiger partial charge in [0.15, 0.2) is 0 Å². The van der Waals surface area contributed by atoms with Gasteiger partial charge in [-0.05, 0) is 46.5 Å². The lowest BCUT2D eigenvalue weighted by molar-refractivity contribution is -0.148. The molecule has 0 aliphatic carbocycles. The van der Waals surface area contributed by atoms with Crippen molar-refractivity contribution in [2.45, 2.75) is 39.3 Å². The molecule has 0 aliphatic rings. The van der Waals surface area contributed by atoms with Crippen molar-refractivity contribution in [3.8, 4) is 0 Å². The first kappa shape index (κ1) is 26.7. The molecule has 0 spiro atoms. The number of nitrogens with zero attached hydrogens (tertiary/aromatic N) is 1. The van der Waals surface area contributed by atoms with E-state index in [0.29, 0.717) is 19.8 Å². The Hall–Kier alpha value is -1.26. The summed E-state index contributed by atoms with van der Waals surface area (Å²) in [5.41, 5.74) is 0. The average Bonchev–Trinajstić information content (AvgIpc) is 2.66. The summed E-state index contributed by atoms with van der Waals surface area (Å²) in [6.45, 7) is 11.8. The number of aliphatic hydroxyl groups is 1. The van der Waals surface area contributed by atoms with E-state index in [0.717, 1.165) is 25.1 Å². The second-order valence-corrected chi connectivity index (χ2v) is 10.1. The molecular weight excluding hydrogens is 382 g/mol. The lowest BCUT2D eigenvalue weighted by atomic mass is 10.2. The zero-order chi connectivity index (χ0) is 21.4. The lowest BCUT2D eigenvalue weighted by Gasteiger charge is -2.27. The number of carbonyl (C=O) groups is 2. The first-order chi connectivity index (χ1) is 13.3. The highest BCUT2D eigenvalue weighted by molar-refractivity contribution is 6.66. The van der Waals surface area contributed by atoms with Crippen molar-refractivity contribution in [1.82, 2.24) is 4.90 Å². The molecule has 0 heterocycles. The molecule has 0 aromatic carbocycles. The third kappa shape index (κ3) is 13.0. The minimum Gasteiger partial charge on any atom is -0.465 e. The maximum absolute atomic E-state index is 11.9. The van der Waals surface area contributed by atoms with E-state index in [2.05, 4.69) is 18.0 Å². The Morgan fingerprint density at radius 1 is 1.14 bits per heavy atom. The summed E-state index contributed by atoms with van der Waals surface area (Å²) in [6.07, 6.45) is 2.24. The number of carbonyl (C=O) groups excluding carboxylic acids is 2. The van der Waals surface area contributed by atoms with Crippen LogP contribution in [0.3, 0.4) is 0 Å². The van der Waals surface area contributed by atoms with Crippen molar-refractivity contribution in [3.05, 3.63) is 12.7 Å². The van der Waals surface area contributed by atoms with Gasteiger partial charge in [-0.15, -0.1) is 0 Å². The van der Waals surface area contributed by atoms with Crippen molar-refractivity contribution in [1.29, 1.82) is 0 Å². The number of hydrogen-bond acceptors (Lipinski definition) is 8. The summed E-state index contributed by atoms with van der Waals surface area (Å²) in [5, 5.41) is 9.25. The third-order valence-electron chi connectivity index (χ3n) is 4.13. The molecule has 0 saturated heterocycles. The van der Waals surface area contributed by atoms with Crippen LogP contribution < -0.4 is 0 Å². The molecule has 0 aromatic rings. The van der Waals surface area contributed by atoms with E-state index < -0.39 is 20.4 Å². The monoisotopic (exact) mass is 419 g/mol. The van der Waals surface area contributed by atoms with Gasteiger partial charge in [0, 0.05) is 25.8 Å². The SMILES string of the molecule is C=CC(=O)OCC(CO)COC(=O)CCN(C)CCC[Si](C)(OCC)OCC. The van der Waals surface area contributed by atoms with Crippen molar-refractivity contribution in [2.75, 3.05) is 53.2 Å². The normalized spacial score (nSPS) is 12.6. The van der Waals surface area contributed by atoms with E-state index in [1.165, 1.54) is 0 Å². The molecule has 0 amide bonds. The summed E-state index contributed by atoms with van der Waals surface area (Å²) in [5.74, 6) is -1.35. The van der Waals surface area contributed by atoms with Crippen molar-refractivity contribution in [2.24, 2.45) is 5.92 Å². The van der Waals surface area contributed by atoms with E-state index in [1.807, 2.05) is 20.9 Å². The average molecular weight is 420 g/mol. The van der Waals surface area contributed by atoms with Crippen LogP contribution in [0.4, 0.5) is 0 Å². The molecule has 8 nitrogen and oxygen atoms in total. The van der Waals surface area contributed by atoms with Gasteiger partial charge >= 0.3 is 20.5 Å². The highest BCUT2D eigenvalue weighted by Crippen LogP contribution is 2.16. The maximum Gasteiger partial charge on any atom is 0.334 e. The molecule has 0 rings (SSSR count). The fourth-order valence-corrected chi connectivity index (χ4v) is 4.95. The van der Waals surface area contributed by atoms with Crippen LogP contribution in [0, 0.1) is 5.92 Å². The van der Waals surface area contributed by atoms with Crippen molar-refractivity contribution >= 4 is 20.5 Å². The number of ether oxygens (including phenoxy) is 2. The van der Waals surface area contributed by atoms with Crippen LogP contribution in [-0.2, 0) is 27.9 Å². The molecule has 0 fully saturated rings. The van der Waals surface area contributed by atoms with Crippen LogP contribution in [0.2, 0.25) is 12.6 Å². The topological polar surface area (TPSA) is 94.5 Å². The second kappa shape index (κ2) is 15.6. The fraction of sp³-hybridized carbons (Fsp3) is 0.789. The summed E-state index contributed by atoms with van der Waals surface area (Å²) in [7, 11) is -0.136. The summed E-state index contributed by atoms with van der Waals surface area (Å²) in [6, 6.07) is 0.908. The predicted molar refractivity (Wildman–Crippen MR) is 109 cm³/mol. The largest absolute Gasteiger partial charge is 0.465 e. The maximum atomic E-state index is 11.9. The van der Waals surface area contributed by atoms with Crippen LogP contribution >= 0.6 is 0 Å². The highest BCUT2D eigenvalue weighted by atomic mass is 28.4. The molecule has 0 radical (unpaired) electrons. The number of esters is 2. The molecule has 9 heteroatoms. The van der Waals surface area contributed by atoms with Gasteiger partial charge in [-0.2, -0.15) is 0 Å². The molecule has 1 N–H and O–H groups in total.